The maximum absolute atomic E-state index is 14.5. The number of carbonyl (C=O) groups excluding carboxylic acids is 1. The van der Waals surface area contributed by atoms with Crippen molar-refractivity contribution in [2.24, 2.45) is 0 Å². The number of rotatable bonds is 4. The van der Waals surface area contributed by atoms with E-state index in [1.54, 1.807) is 0 Å². The van der Waals surface area contributed by atoms with E-state index in [4.69, 9.17) is 0 Å². The molecule has 1 amide bonds. The molecule has 0 aromatic heterocycles. The van der Waals surface area contributed by atoms with Crippen LogP contribution in [0.5, 0.6) is 0 Å². The van der Waals surface area contributed by atoms with Crippen LogP contribution in [-0.4, -0.2) is 5.91 Å². The molecule has 0 radical (unpaired) electrons. The first-order valence-electron chi connectivity index (χ1n) is 8.86. The zero-order valence-corrected chi connectivity index (χ0v) is 15.9. The van der Waals surface area contributed by atoms with Gasteiger partial charge in [-0.1, -0.05) is 12.1 Å². The summed E-state index contributed by atoms with van der Waals surface area (Å²) in [5.74, 6) is -5.38. The second kappa shape index (κ2) is 8.41. The van der Waals surface area contributed by atoms with Gasteiger partial charge in [0, 0.05) is 12.1 Å². The molecule has 0 heterocycles. The second-order valence-corrected chi connectivity index (χ2v) is 6.84. The quantitative estimate of drug-likeness (QED) is 0.466. The van der Waals surface area contributed by atoms with E-state index in [1.165, 1.54) is 13.0 Å². The molecule has 0 unspecified atom stereocenters. The maximum atomic E-state index is 14.5. The van der Waals surface area contributed by atoms with Gasteiger partial charge in [-0.05, 0) is 60.0 Å². The molecule has 3 rings (SSSR count). The van der Waals surface area contributed by atoms with Crippen LogP contribution in [0.15, 0.2) is 48.5 Å². The van der Waals surface area contributed by atoms with Crippen LogP contribution in [0.3, 0.4) is 0 Å². The van der Waals surface area contributed by atoms with E-state index in [0.29, 0.717) is 6.07 Å². The predicted octanol–water partition coefficient (Wildman–Crippen LogP) is 6.41. The second-order valence-electron chi connectivity index (χ2n) is 6.84. The molecule has 3 aromatic carbocycles. The molecule has 31 heavy (non-hydrogen) atoms. The summed E-state index contributed by atoms with van der Waals surface area (Å²) in [6.07, 6.45) is -5.32. The van der Waals surface area contributed by atoms with Gasteiger partial charge < -0.3 is 5.32 Å². The Morgan fingerprint density at radius 1 is 0.839 bits per heavy atom. The van der Waals surface area contributed by atoms with Crippen LogP contribution < -0.4 is 5.32 Å². The minimum Gasteiger partial charge on any atom is -0.322 e. The van der Waals surface area contributed by atoms with E-state index in [-0.39, 0.29) is 22.4 Å². The molecule has 9 heteroatoms. The number of amides is 1. The fraction of sp³-hybridized carbons (Fsp3) is 0.136. The first-order valence-corrected chi connectivity index (χ1v) is 8.86. The summed E-state index contributed by atoms with van der Waals surface area (Å²) in [5.41, 5.74) is -2.45. The first-order chi connectivity index (χ1) is 14.5. The minimum atomic E-state index is -4.83. The minimum absolute atomic E-state index is 0.150. The van der Waals surface area contributed by atoms with Crippen LogP contribution >= 0.6 is 0 Å². The Hall–Kier alpha value is -3.36. The third-order valence-corrected chi connectivity index (χ3v) is 4.48. The van der Waals surface area contributed by atoms with Gasteiger partial charge in [-0.2, -0.15) is 13.2 Å². The van der Waals surface area contributed by atoms with Crippen LogP contribution in [0.1, 0.15) is 32.6 Å². The molecule has 2 nitrogen and oxygen atoms in total. The van der Waals surface area contributed by atoms with Crippen LogP contribution in [-0.2, 0) is 12.6 Å². The SMILES string of the molecule is Cc1cc(F)c(C(=O)Nc2ccc(Cc3ccc(F)cc3C(F)(F)F)c(F)c2)c(F)c1. The van der Waals surface area contributed by atoms with Gasteiger partial charge in [0.25, 0.3) is 5.91 Å². The number of aryl methyl sites for hydroxylation is 1. The number of hydrogen-bond donors (Lipinski definition) is 1. The Morgan fingerprint density at radius 3 is 2.03 bits per heavy atom. The fourth-order valence-corrected chi connectivity index (χ4v) is 3.05. The highest BCUT2D eigenvalue weighted by Gasteiger charge is 2.33. The van der Waals surface area contributed by atoms with E-state index in [0.717, 1.165) is 36.4 Å². The summed E-state index contributed by atoms with van der Waals surface area (Å²) < 4.78 is 94.9. The van der Waals surface area contributed by atoms with Gasteiger partial charge in [0.15, 0.2) is 0 Å². The number of alkyl halides is 3. The number of anilines is 1. The lowest BCUT2D eigenvalue weighted by Gasteiger charge is -2.14. The molecule has 0 spiro atoms. The topological polar surface area (TPSA) is 29.1 Å². The smallest absolute Gasteiger partial charge is 0.322 e. The van der Waals surface area contributed by atoms with Crippen LogP contribution in [0.2, 0.25) is 0 Å². The van der Waals surface area contributed by atoms with Crippen molar-refractivity contribution >= 4 is 11.6 Å². The first kappa shape index (κ1) is 22.3. The van der Waals surface area contributed by atoms with Gasteiger partial charge in [-0.15, -0.1) is 0 Å². The molecule has 0 aliphatic carbocycles. The van der Waals surface area contributed by atoms with Crippen LogP contribution in [0, 0.1) is 30.2 Å². The molecular formula is C22H14F7NO. The van der Waals surface area contributed by atoms with Gasteiger partial charge in [0.05, 0.1) is 5.56 Å². The Labute approximate surface area is 172 Å². The van der Waals surface area contributed by atoms with Gasteiger partial charge in [-0.3, -0.25) is 4.79 Å². The van der Waals surface area contributed by atoms with Crippen molar-refractivity contribution in [3.8, 4) is 0 Å². The number of carbonyl (C=O) groups is 1. The van der Waals surface area contributed by atoms with Gasteiger partial charge in [0.2, 0.25) is 0 Å². The molecule has 1 N–H and O–H groups in total. The molecule has 0 saturated carbocycles. The molecular weight excluding hydrogens is 427 g/mol. The number of hydrogen-bond acceptors (Lipinski definition) is 1. The van der Waals surface area contributed by atoms with E-state index < -0.39 is 52.9 Å². The largest absolute Gasteiger partial charge is 0.416 e. The van der Waals surface area contributed by atoms with E-state index in [2.05, 4.69) is 5.32 Å². The Morgan fingerprint density at radius 2 is 1.45 bits per heavy atom. The van der Waals surface area contributed by atoms with E-state index in [9.17, 15) is 35.5 Å². The summed E-state index contributed by atoms with van der Waals surface area (Å²) in [6.45, 7) is 1.44. The standard InChI is InChI=1S/C22H14F7NO/c1-11-6-18(25)20(19(26)7-11)21(31)30-15-5-3-13(17(24)10-15)8-12-2-4-14(23)9-16(12)22(27,28)29/h2-7,9-10H,8H2,1H3,(H,30,31). The normalized spacial score (nSPS) is 11.5. The number of halogens is 7. The zero-order valence-electron chi connectivity index (χ0n) is 15.9. The highest BCUT2D eigenvalue weighted by atomic mass is 19.4. The molecule has 162 valence electrons. The van der Waals surface area contributed by atoms with Crippen molar-refractivity contribution in [3.63, 3.8) is 0 Å². The van der Waals surface area contributed by atoms with Gasteiger partial charge in [-0.25, -0.2) is 17.6 Å². The van der Waals surface area contributed by atoms with Crippen molar-refractivity contribution in [3.05, 3.63) is 99.6 Å². The molecule has 3 aromatic rings. The monoisotopic (exact) mass is 441 g/mol. The van der Waals surface area contributed by atoms with E-state index >= 15 is 0 Å². The summed E-state index contributed by atoms with van der Waals surface area (Å²) >= 11 is 0. The Kier molecular flexibility index (Phi) is 6.06. The van der Waals surface area contributed by atoms with E-state index in [1.807, 2.05) is 0 Å². The van der Waals surface area contributed by atoms with Crippen molar-refractivity contribution in [1.29, 1.82) is 0 Å². The summed E-state index contributed by atoms with van der Waals surface area (Å²) in [4.78, 5) is 12.2. The number of benzene rings is 3. The number of nitrogens with one attached hydrogen (secondary N) is 1. The highest BCUT2D eigenvalue weighted by Crippen LogP contribution is 2.34. The third kappa shape index (κ3) is 5.04. The molecule has 0 bridgehead atoms. The molecule has 0 fully saturated rings. The van der Waals surface area contributed by atoms with Gasteiger partial charge in [0.1, 0.15) is 28.8 Å². The van der Waals surface area contributed by atoms with Crippen molar-refractivity contribution in [1.82, 2.24) is 0 Å². The molecule has 0 saturated heterocycles. The molecule has 0 aliphatic heterocycles. The van der Waals surface area contributed by atoms with Crippen LogP contribution in [0.25, 0.3) is 0 Å². The Balaban J connectivity index is 1.84. The lowest BCUT2D eigenvalue weighted by atomic mass is 9.98. The maximum Gasteiger partial charge on any atom is 0.416 e. The average Bonchev–Trinajstić information content (AvgIpc) is 2.63. The fourth-order valence-electron chi connectivity index (χ4n) is 3.05. The van der Waals surface area contributed by atoms with Crippen molar-refractivity contribution < 1.29 is 35.5 Å². The van der Waals surface area contributed by atoms with Crippen molar-refractivity contribution in [2.75, 3.05) is 5.32 Å². The third-order valence-electron chi connectivity index (χ3n) is 4.48. The summed E-state index contributed by atoms with van der Waals surface area (Å²) in [6, 6.07) is 7.11. The lowest BCUT2D eigenvalue weighted by molar-refractivity contribution is -0.138. The lowest BCUT2D eigenvalue weighted by Crippen LogP contribution is -2.16. The summed E-state index contributed by atoms with van der Waals surface area (Å²) in [7, 11) is 0. The molecule has 0 aliphatic rings. The predicted molar refractivity (Wildman–Crippen MR) is 99.7 cm³/mol. The average molecular weight is 441 g/mol. The van der Waals surface area contributed by atoms with Crippen molar-refractivity contribution in [2.45, 2.75) is 19.5 Å². The Bertz CT molecular complexity index is 1130. The molecule has 0 atom stereocenters. The zero-order chi connectivity index (χ0) is 22.9. The van der Waals surface area contributed by atoms with Gasteiger partial charge >= 0.3 is 6.18 Å². The summed E-state index contributed by atoms with van der Waals surface area (Å²) in [5, 5.41) is 2.15. The van der Waals surface area contributed by atoms with Crippen LogP contribution in [0.4, 0.5) is 36.4 Å². The highest BCUT2D eigenvalue weighted by molar-refractivity contribution is 6.04.